The van der Waals surface area contributed by atoms with Crippen molar-refractivity contribution < 1.29 is 13.9 Å². The van der Waals surface area contributed by atoms with E-state index >= 15 is 0 Å². The second kappa shape index (κ2) is 10.2. The van der Waals surface area contributed by atoms with Crippen LogP contribution >= 0.6 is 0 Å². The predicted molar refractivity (Wildman–Crippen MR) is 104 cm³/mol. The molecule has 0 aliphatic carbocycles. The molecule has 0 radical (unpaired) electrons. The standard InChI is InChI=1S/C21H32FN3O2/c1-27-14-10-23-21(26)18-6-4-11-25(16-18)19-8-12-24(13-9-19)15-17-5-2-3-7-20(17)22/h2-3,5,7,18-19H,4,6,8-16H2,1H3,(H,23,26). The van der Waals surface area contributed by atoms with Crippen LogP contribution in [-0.2, 0) is 16.1 Å². The van der Waals surface area contributed by atoms with Crippen LogP contribution in [0.1, 0.15) is 31.2 Å². The van der Waals surface area contributed by atoms with Crippen LogP contribution < -0.4 is 5.32 Å². The van der Waals surface area contributed by atoms with Crippen LogP contribution in [0.5, 0.6) is 0 Å². The first-order valence-corrected chi connectivity index (χ1v) is 10.1. The van der Waals surface area contributed by atoms with Crippen LogP contribution in [0.3, 0.4) is 0 Å². The molecule has 150 valence electrons. The van der Waals surface area contributed by atoms with E-state index in [9.17, 15) is 9.18 Å². The third kappa shape index (κ3) is 5.74. The quantitative estimate of drug-likeness (QED) is 0.741. The lowest BCUT2D eigenvalue weighted by atomic mass is 9.93. The van der Waals surface area contributed by atoms with E-state index in [0.717, 1.165) is 57.4 Å². The van der Waals surface area contributed by atoms with Gasteiger partial charge in [0, 0.05) is 38.3 Å². The molecule has 0 aromatic heterocycles. The number of likely N-dealkylation sites (tertiary alicyclic amines) is 2. The molecule has 2 fully saturated rings. The molecule has 1 atom stereocenters. The highest BCUT2D eigenvalue weighted by Gasteiger charge is 2.31. The molecule has 2 aliphatic heterocycles. The normalized spacial score (nSPS) is 22.7. The molecular weight excluding hydrogens is 345 g/mol. The monoisotopic (exact) mass is 377 g/mol. The summed E-state index contributed by atoms with van der Waals surface area (Å²) in [6, 6.07) is 7.59. The highest BCUT2D eigenvalue weighted by atomic mass is 19.1. The molecule has 2 saturated heterocycles. The molecule has 5 nitrogen and oxygen atoms in total. The molecule has 1 aromatic rings. The van der Waals surface area contributed by atoms with Crippen molar-refractivity contribution in [3.05, 3.63) is 35.6 Å². The summed E-state index contributed by atoms with van der Waals surface area (Å²) < 4.78 is 18.9. The Morgan fingerprint density at radius 3 is 2.74 bits per heavy atom. The Bertz CT molecular complexity index is 605. The van der Waals surface area contributed by atoms with E-state index < -0.39 is 0 Å². The lowest BCUT2D eigenvalue weighted by Crippen LogP contribution is -2.50. The number of amides is 1. The first-order chi connectivity index (χ1) is 13.2. The van der Waals surface area contributed by atoms with Gasteiger partial charge in [0.05, 0.1) is 12.5 Å². The molecule has 1 N–H and O–H groups in total. The van der Waals surface area contributed by atoms with E-state index in [1.807, 2.05) is 12.1 Å². The van der Waals surface area contributed by atoms with Crippen molar-refractivity contribution in [3.63, 3.8) is 0 Å². The lowest BCUT2D eigenvalue weighted by molar-refractivity contribution is -0.127. The Morgan fingerprint density at radius 2 is 2.00 bits per heavy atom. The SMILES string of the molecule is COCCNC(=O)C1CCCN(C2CCN(Cc3ccccc3F)CC2)C1. The fraction of sp³-hybridized carbons (Fsp3) is 0.667. The molecule has 1 unspecified atom stereocenters. The van der Waals surface area contributed by atoms with Gasteiger partial charge in [0.2, 0.25) is 5.91 Å². The number of nitrogens with zero attached hydrogens (tertiary/aromatic N) is 2. The summed E-state index contributed by atoms with van der Waals surface area (Å²) in [6.45, 7) is 5.74. The van der Waals surface area contributed by atoms with Gasteiger partial charge in [-0.1, -0.05) is 18.2 Å². The summed E-state index contributed by atoms with van der Waals surface area (Å²) in [5, 5.41) is 2.98. The van der Waals surface area contributed by atoms with Crippen molar-refractivity contribution in [2.75, 3.05) is 46.4 Å². The van der Waals surface area contributed by atoms with Crippen molar-refractivity contribution in [1.82, 2.24) is 15.1 Å². The van der Waals surface area contributed by atoms with E-state index in [1.54, 1.807) is 13.2 Å². The van der Waals surface area contributed by atoms with Gasteiger partial charge in [-0.3, -0.25) is 14.6 Å². The van der Waals surface area contributed by atoms with Crippen molar-refractivity contribution >= 4 is 5.91 Å². The van der Waals surface area contributed by atoms with E-state index in [-0.39, 0.29) is 17.6 Å². The molecule has 2 aliphatic rings. The van der Waals surface area contributed by atoms with Crippen LogP contribution in [0, 0.1) is 11.7 Å². The van der Waals surface area contributed by atoms with Gasteiger partial charge < -0.3 is 10.1 Å². The second-order valence-electron chi connectivity index (χ2n) is 7.72. The van der Waals surface area contributed by atoms with Crippen LogP contribution in [0.4, 0.5) is 4.39 Å². The number of piperidine rings is 2. The van der Waals surface area contributed by atoms with E-state index in [1.165, 1.54) is 6.07 Å². The first-order valence-electron chi connectivity index (χ1n) is 10.1. The molecule has 27 heavy (non-hydrogen) atoms. The number of ether oxygens (including phenoxy) is 1. The molecule has 2 heterocycles. The van der Waals surface area contributed by atoms with E-state index in [4.69, 9.17) is 4.74 Å². The minimum absolute atomic E-state index is 0.0899. The third-order valence-corrected chi connectivity index (χ3v) is 5.85. The number of carbonyl (C=O) groups is 1. The summed E-state index contributed by atoms with van der Waals surface area (Å²) in [5.74, 6) is 0.138. The average molecular weight is 378 g/mol. The highest BCUT2D eigenvalue weighted by molar-refractivity contribution is 5.78. The molecule has 0 saturated carbocycles. The number of halogens is 1. The summed E-state index contributed by atoms with van der Waals surface area (Å²) in [6.07, 6.45) is 4.23. The van der Waals surface area contributed by atoms with Gasteiger partial charge in [-0.05, 0) is 51.4 Å². The number of carbonyl (C=O) groups excluding carboxylic acids is 1. The fourth-order valence-electron chi connectivity index (χ4n) is 4.28. The van der Waals surface area contributed by atoms with Gasteiger partial charge in [0.15, 0.2) is 0 Å². The van der Waals surface area contributed by atoms with Crippen molar-refractivity contribution in [3.8, 4) is 0 Å². The molecule has 1 aromatic carbocycles. The maximum absolute atomic E-state index is 13.9. The van der Waals surface area contributed by atoms with Gasteiger partial charge in [0.1, 0.15) is 5.82 Å². The summed E-state index contributed by atoms with van der Waals surface area (Å²) in [5.41, 5.74) is 0.779. The van der Waals surface area contributed by atoms with Crippen molar-refractivity contribution in [1.29, 1.82) is 0 Å². The number of hydrogen-bond acceptors (Lipinski definition) is 4. The van der Waals surface area contributed by atoms with E-state index in [2.05, 4.69) is 15.1 Å². The number of rotatable bonds is 7. The summed E-state index contributed by atoms with van der Waals surface area (Å²) in [7, 11) is 1.65. The van der Waals surface area contributed by atoms with Gasteiger partial charge in [-0.2, -0.15) is 0 Å². The Morgan fingerprint density at radius 1 is 1.22 bits per heavy atom. The minimum Gasteiger partial charge on any atom is -0.383 e. The van der Waals surface area contributed by atoms with Gasteiger partial charge in [-0.15, -0.1) is 0 Å². The maximum atomic E-state index is 13.9. The molecular formula is C21H32FN3O2. The molecule has 1 amide bonds. The second-order valence-corrected chi connectivity index (χ2v) is 7.72. The fourth-order valence-corrected chi connectivity index (χ4v) is 4.28. The zero-order valence-electron chi connectivity index (χ0n) is 16.3. The summed E-state index contributed by atoms with van der Waals surface area (Å²) >= 11 is 0. The zero-order chi connectivity index (χ0) is 19.1. The topological polar surface area (TPSA) is 44.8 Å². The Kier molecular flexibility index (Phi) is 7.61. The highest BCUT2D eigenvalue weighted by Crippen LogP contribution is 2.25. The lowest BCUT2D eigenvalue weighted by Gasteiger charge is -2.42. The largest absolute Gasteiger partial charge is 0.383 e. The number of benzene rings is 1. The number of hydrogen-bond donors (Lipinski definition) is 1. The van der Waals surface area contributed by atoms with Crippen LogP contribution in [0.25, 0.3) is 0 Å². The Labute approximate surface area is 161 Å². The molecule has 6 heteroatoms. The average Bonchev–Trinajstić information content (AvgIpc) is 2.70. The van der Waals surface area contributed by atoms with Gasteiger partial charge >= 0.3 is 0 Å². The zero-order valence-corrected chi connectivity index (χ0v) is 16.3. The minimum atomic E-state index is -0.113. The van der Waals surface area contributed by atoms with Gasteiger partial charge in [0.25, 0.3) is 0 Å². The van der Waals surface area contributed by atoms with Gasteiger partial charge in [-0.25, -0.2) is 4.39 Å². The van der Waals surface area contributed by atoms with Crippen molar-refractivity contribution in [2.24, 2.45) is 5.92 Å². The molecule has 3 rings (SSSR count). The summed E-state index contributed by atoms with van der Waals surface area (Å²) in [4.78, 5) is 17.2. The maximum Gasteiger partial charge on any atom is 0.224 e. The molecule has 0 spiro atoms. The third-order valence-electron chi connectivity index (χ3n) is 5.85. The Balaban J connectivity index is 1.45. The smallest absolute Gasteiger partial charge is 0.224 e. The van der Waals surface area contributed by atoms with E-state index in [0.29, 0.717) is 25.7 Å². The van der Waals surface area contributed by atoms with Crippen LogP contribution in [0.15, 0.2) is 24.3 Å². The first kappa shape index (κ1) is 20.2. The molecule has 0 bridgehead atoms. The Hall–Kier alpha value is -1.50. The van der Waals surface area contributed by atoms with Crippen molar-refractivity contribution in [2.45, 2.75) is 38.3 Å². The van der Waals surface area contributed by atoms with Crippen LogP contribution in [0.2, 0.25) is 0 Å². The predicted octanol–water partition coefficient (Wildman–Crippen LogP) is 2.26. The van der Waals surface area contributed by atoms with Crippen LogP contribution in [-0.4, -0.2) is 68.2 Å². The number of nitrogens with one attached hydrogen (secondary N) is 1. The number of methoxy groups -OCH3 is 1.